The van der Waals surface area contributed by atoms with E-state index < -0.39 is 17.5 Å². The number of furan rings is 1. The lowest BCUT2D eigenvalue weighted by Gasteiger charge is -2.19. The Morgan fingerprint density at radius 3 is 2.60 bits per heavy atom. The normalized spacial score (nSPS) is 22.2. The van der Waals surface area contributed by atoms with Gasteiger partial charge < -0.3 is 14.8 Å². The Morgan fingerprint density at radius 2 is 2.15 bits per heavy atom. The van der Waals surface area contributed by atoms with E-state index in [0.29, 0.717) is 17.7 Å². The monoisotopic (exact) mass is 280 g/mol. The maximum atomic E-state index is 12.2. The van der Waals surface area contributed by atoms with Crippen molar-refractivity contribution in [2.75, 3.05) is 0 Å². The number of nitrogens with zero attached hydrogens (tertiary/aromatic N) is 1. The summed E-state index contributed by atoms with van der Waals surface area (Å²) in [5, 5.41) is 11.5. The van der Waals surface area contributed by atoms with Crippen LogP contribution in [0, 0.1) is 6.92 Å². The Morgan fingerprint density at radius 1 is 1.50 bits per heavy atom. The van der Waals surface area contributed by atoms with Gasteiger partial charge in [-0.1, -0.05) is 6.92 Å². The first-order valence-electron chi connectivity index (χ1n) is 6.25. The van der Waals surface area contributed by atoms with E-state index in [1.165, 1.54) is 6.07 Å². The van der Waals surface area contributed by atoms with Crippen LogP contribution in [0.1, 0.15) is 42.1 Å². The number of hydrogen-bond donors (Lipinski definition) is 2. The predicted molar refractivity (Wildman–Crippen MR) is 68.2 cm³/mol. The molecule has 2 N–H and O–H groups in total. The standard InChI is InChI=1S/C13H16N2O5/c1-4-13(3)11(18)15(12(19)14-13)6-8-5-9(10(16)17)20-7(8)2/h5H,4,6H2,1-3H3,(H,14,19)(H,16,17). The summed E-state index contributed by atoms with van der Waals surface area (Å²) in [6, 6.07) is 0.858. The SMILES string of the molecule is CCC1(C)NC(=O)N(Cc2cc(C(=O)O)oc2C)C1=O. The van der Waals surface area contributed by atoms with Gasteiger partial charge in [-0.3, -0.25) is 9.69 Å². The fourth-order valence-electron chi connectivity index (χ4n) is 2.08. The minimum absolute atomic E-state index is 0.00285. The van der Waals surface area contributed by atoms with Crippen LogP contribution in [0.4, 0.5) is 4.79 Å². The molecule has 3 amide bonds. The average Bonchev–Trinajstić information content (AvgIpc) is 2.85. The van der Waals surface area contributed by atoms with Gasteiger partial charge in [0.05, 0.1) is 6.54 Å². The van der Waals surface area contributed by atoms with Crippen molar-refractivity contribution < 1.29 is 23.9 Å². The summed E-state index contributed by atoms with van der Waals surface area (Å²) in [7, 11) is 0. The maximum Gasteiger partial charge on any atom is 0.371 e. The minimum Gasteiger partial charge on any atom is -0.475 e. The van der Waals surface area contributed by atoms with Crippen molar-refractivity contribution in [3.05, 3.63) is 23.2 Å². The van der Waals surface area contributed by atoms with Crippen LogP contribution in [0.5, 0.6) is 0 Å². The van der Waals surface area contributed by atoms with E-state index in [1.54, 1.807) is 13.8 Å². The molecule has 1 atom stereocenters. The van der Waals surface area contributed by atoms with E-state index in [1.807, 2.05) is 6.92 Å². The molecule has 0 bridgehead atoms. The number of amides is 3. The Kier molecular flexibility index (Phi) is 3.29. The number of carboxylic acids is 1. The zero-order valence-electron chi connectivity index (χ0n) is 11.5. The average molecular weight is 280 g/mol. The van der Waals surface area contributed by atoms with Crippen LogP contribution in [-0.4, -0.2) is 33.5 Å². The Bertz CT molecular complexity index is 592. The zero-order valence-corrected chi connectivity index (χ0v) is 11.5. The van der Waals surface area contributed by atoms with Gasteiger partial charge in [-0.05, 0) is 26.3 Å². The number of carbonyl (C=O) groups excluding carboxylic acids is 2. The highest BCUT2D eigenvalue weighted by molar-refractivity contribution is 6.06. The van der Waals surface area contributed by atoms with Crippen molar-refractivity contribution in [1.82, 2.24) is 10.2 Å². The molecule has 1 unspecified atom stereocenters. The van der Waals surface area contributed by atoms with Crippen molar-refractivity contribution >= 4 is 17.9 Å². The van der Waals surface area contributed by atoms with Gasteiger partial charge in [0.2, 0.25) is 5.76 Å². The van der Waals surface area contributed by atoms with Gasteiger partial charge >= 0.3 is 12.0 Å². The van der Waals surface area contributed by atoms with Crippen molar-refractivity contribution in [2.24, 2.45) is 0 Å². The maximum absolute atomic E-state index is 12.2. The quantitative estimate of drug-likeness (QED) is 0.814. The Labute approximate surface area is 115 Å². The van der Waals surface area contributed by atoms with Gasteiger partial charge in [0.15, 0.2) is 0 Å². The predicted octanol–water partition coefficient (Wildman–Crippen LogP) is 1.51. The summed E-state index contributed by atoms with van der Waals surface area (Å²) in [6.45, 7) is 5.08. The van der Waals surface area contributed by atoms with Gasteiger partial charge in [-0.2, -0.15) is 0 Å². The summed E-state index contributed by atoms with van der Waals surface area (Å²) >= 11 is 0. The highest BCUT2D eigenvalue weighted by Gasteiger charge is 2.46. The van der Waals surface area contributed by atoms with Gasteiger partial charge in [0.1, 0.15) is 11.3 Å². The molecule has 2 rings (SSSR count). The highest BCUT2D eigenvalue weighted by Crippen LogP contribution is 2.24. The summed E-state index contributed by atoms with van der Waals surface area (Å²) in [5.41, 5.74) is -0.393. The highest BCUT2D eigenvalue weighted by atomic mass is 16.4. The van der Waals surface area contributed by atoms with Crippen LogP contribution >= 0.6 is 0 Å². The molecule has 1 saturated heterocycles. The fourth-order valence-corrected chi connectivity index (χ4v) is 2.08. The molecule has 1 fully saturated rings. The minimum atomic E-state index is -1.19. The summed E-state index contributed by atoms with van der Waals surface area (Å²) in [4.78, 5) is 36.0. The lowest BCUT2D eigenvalue weighted by atomic mass is 9.99. The second kappa shape index (κ2) is 4.66. The zero-order chi connectivity index (χ0) is 15.1. The van der Waals surface area contributed by atoms with Gasteiger partial charge in [0, 0.05) is 5.56 Å². The molecular weight excluding hydrogens is 264 g/mol. The fraction of sp³-hybridized carbons (Fsp3) is 0.462. The van der Waals surface area contributed by atoms with E-state index in [-0.39, 0.29) is 18.2 Å². The van der Waals surface area contributed by atoms with Crippen LogP contribution in [0.2, 0.25) is 0 Å². The van der Waals surface area contributed by atoms with E-state index in [2.05, 4.69) is 5.32 Å². The molecule has 1 aromatic heterocycles. The number of hydrogen-bond acceptors (Lipinski definition) is 4. The van der Waals surface area contributed by atoms with Gasteiger partial charge in [-0.15, -0.1) is 0 Å². The molecule has 0 aliphatic carbocycles. The lowest BCUT2D eigenvalue weighted by molar-refractivity contribution is -0.131. The first kappa shape index (κ1) is 14.1. The van der Waals surface area contributed by atoms with Crippen LogP contribution in [0.3, 0.4) is 0 Å². The molecule has 108 valence electrons. The Hall–Kier alpha value is -2.31. The number of carboxylic acid groups (broad SMARTS) is 1. The number of carbonyl (C=O) groups is 3. The molecule has 0 saturated carbocycles. The lowest BCUT2D eigenvalue weighted by Crippen LogP contribution is -2.43. The molecule has 1 aromatic rings. The molecule has 0 radical (unpaired) electrons. The van der Waals surface area contributed by atoms with E-state index in [4.69, 9.17) is 9.52 Å². The number of imide groups is 1. The van der Waals surface area contributed by atoms with E-state index in [9.17, 15) is 14.4 Å². The van der Waals surface area contributed by atoms with Gasteiger partial charge in [-0.25, -0.2) is 9.59 Å². The first-order valence-corrected chi connectivity index (χ1v) is 6.25. The molecule has 0 spiro atoms. The molecule has 0 aromatic carbocycles. The second-order valence-corrected chi connectivity index (χ2v) is 5.00. The molecule has 7 nitrogen and oxygen atoms in total. The van der Waals surface area contributed by atoms with Gasteiger partial charge in [0.25, 0.3) is 5.91 Å². The molecule has 2 heterocycles. The number of aromatic carboxylic acids is 1. The molecule has 1 aliphatic heterocycles. The number of rotatable bonds is 4. The number of nitrogens with one attached hydrogen (secondary N) is 1. The smallest absolute Gasteiger partial charge is 0.371 e. The Balaban J connectivity index is 2.24. The second-order valence-electron chi connectivity index (χ2n) is 5.00. The first-order chi connectivity index (χ1) is 9.28. The topological polar surface area (TPSA) is 99.8 Å². The largest absolute Gasteiger partial charge is 0.475 e. The van der Waals surface area contributed by atoms with E-state index in [0.717, 1.165) is 4.90 Å². The van der Waals surface area contributed by atoms with Crippen LogP contribution < -0.4 is 5.32 Å². The van der Waals surface area contributed by atoms with Crippen LogP contribution in [0.15, 0.2) is 10.5 Å². The molecule has 7 heteroatoms. The summed E-state index contributed by atoms with van der Waals surface area (Å²) in [6.07, 6.45) is 0.485. The van der Waals surface area contributed by atoms with Crippen molar-refractivity contribution in [2.45, 2.75) is 39.3 Å². The number of urea groups is 1. The third-order valence-electron chi connectivity index (χ3n) is 3.61. The summed E-state index contributed by atoms with van der Waals surface area (Å²) in [5.74, 6) is -1.33. The molecule has 20 heavy (non-hydrogen) atoms. The van der Waals surface area contributed by atoms with Crippen molar-refractivity contribution in [3.63, 3.8) is 0 Å². The van der Waals surface area contributed by atoms with Crippen molar-refractivity contribution in [3.8, 4) is 0 Å². The van der Waals surface area contributed by atoms with E-state index >= 15 is 0 Å². The number of aryl methyl sites for hydroxylation is 1. The molecule has 1 aliphatic rings. The molecular formula is C13H16N2O5. The summed E-state index contributed by atoms with van der Waals surface area (Å²) < 4.78 is 5.07. The third kappa shape index (κ3) is 2.15. The third-order valence-corrected chi connectivity index (χ3v) is 3.61. The van der Waals surface area contributed by atoms with Crippen LogP contribution in [0.25, 0.3) is 0 Å². The van der Waals surface area contributed by atoms with Crippen molar-refractivity contribution in [1.29, 1.82) is 0 Å². The van der Waals surface area contributed by atoms with Crippen LogP contribution in [-0.2, 0) is 11.3 Å².